The molecule has 3 rings (SSSR count). The lowest BCUT2D eigenvalue weighted by molar-refractivity contribution is 0.220. The van der Waals surface area contributed by atoms with Crippen molar-refractivity contribution in [1.29, 1.82) is 0 Å². The minimum atomic E-state index is -0.288. The van der Waals surface area contributed by atoms with Gasteiger partial charge in [-0.05, 0) is 49.4 Å². The van der Waals surface area contributed by atoms with Gasteiger partial charge in [-0.1, -0.05) is 12.1 Å². The molecule has 1 unspecified atom stereocenters. The Kier molecular flexibility index (Phi) is 3.83. The van der Waals surface area contributed by atoms with Gasteiger partial charge in [0.25, 0.3) is 0 Å². The van der Waals surface area contributed by atoms with Crippen molar-refractivity contribution in [3.05, 3.63) is 45.3 Å². The van der Waals surface area contributed by atoms with Gasteiger partial charge in [0, 0.05) is 31.1 Å². The fourth-order valence-corrected chi connectivity index (χ4v) is 3.10. The van der Waals surface area contributed by atoms with Crippen LogP contribution < -0.4 is 5.63 Å². The van der Waals surface area contributed by atoms with Gasteiger partial charge in [0.05, 0.1) is 0 Å². The molecule has 1 atom stereocenters. The van der Waals surface area contributed by atoms with E-state index >= 15 is 0 Å². The van der Waals surface area contributed by atoms with E-state index in [9.17, 15) is 9.90 Å². The molecule has 2 heterocycles. The van der Waals surface area contributed by atoms with Crippen LogP contribution >= 0.6 is 0 Å². The maximum atomic E-state index is 11.8. The van der Waals surface area contributed by atoms with E-state index in [1.54, 1.807) is 6.07 Å². The van der Waals surface area contributed by atoms with E-state index in [-0.39, 0.29) is 12.2 Å². The van der Waals surface area contributed by atoms with E-state index in [1.807, 2.05) is 19.9 Å². The number of rotatable bonds is 3. The summed E-state index contributed by atoms with van der Waals surface area (Å²) in [5.41, 5.74) is 3.59. The molecule has 2 aromatic rings. The molecule has 0 spiro atoms. The van der Waals surface area contributed by atoms with Gasteiger partial charge in [-0.3, -0.25) is 4.90 Å². The van der Waals surface area contributed by atoms with Crippen molar-refractivity contribution in [2.24, 2.45) is 5.92 Å². The molecule has 21 heavy (non-hydrogen) atoms. The summed E-state index contributed by atoms with van der Waals surface area (Å²) < 4.78 is 5.41. The summed E-state index contributed by atoms with van der Waals surface area (Å²) in [6.45, 7) is 6.85. The van der Waals surface area contributed by atoms with Crippen LogP contribution in [0.15, 0.2) is 27.4 Å². The number of aliphatic hydroxyl groups excluding tert-OH is 1. The SMILES string of the molecule is Cc1ccc2c(CN3CCC(CO)C3)cc(=O)oc2c1C. The molecule has 0 amide bonds. The number of hydrogen-bond acceptors (Lipinski definition) is 4. The van der Waals surface area contributed by atoms with Crippen molar-refractivity contribution in [1.82, 2.24) is 4.90 Å². The Morgan fingerprint density at radius 1 is 1.38 bits per heavy atom. The molecule has 4 heteroatoms. The van der Waals surface area contributed by atoms with Crippen LogP contribution in [0, 0.1) is 19.8 Å². The second-order valence-corrected chi connectivity index (χ2v) is 6.05. The number of benzene rings is 1. The fraction of sp³-hybridized carbons (Fsp3) is 0.471. The Balaban J connectivity index is 1.99. The summed E-state index contributed by atoms with van der Waals surface area (Å²) in [7, 11) is 0. The highest BCUT2D eigenvalue weighted by atomic mass is 16.4. The van der Waals surface area contributed by atoms with Crippen molar-refractivity contribution in [3.8, 4) is 0 Å². The highest BCUT2D eigenvalue weighted by molar-refractivity contribution is 5.83. The third kappa shape index (κ3) is 2.74. The molecule has 1 aromatic carbocycles. The van der Waals surface area contributed by atoms with E-state index < -0.39 is 0 Å². The Bertz CT molecular complexity index is 720. The van der Waals surface area contributed by atoms with Gasteiger partial charge in [-0.15, -0.1) is 0 Å². The number of aliphatic hydroxyl groups is 1. The highest BCUT2D eigenvalue weighted by Crippen LogP contribution is 2.25. The monoisotopic (exact) mass is 287 g/mol. The minimum absolute atomic E-state index is 0.243. The molecular formula is C17H21NO3. The molecule has 0 saturated carbocycles. The summed E-state index contributed by atoms with van der Waals surface area (Å²) in [4.78, 5) is 14.1. The highest BCUT2D eigenvalue weighted by Gasteiger charge is 2.22. The molecule has 1 saturated heterocycles. The van der Waals surface area contributed by atoms with Crippen molar-refractivity contribution >= 4 is 11.0 Å². The zero-order valence-electron chi connectivity index (χ0n) is 12.6. The summed E-state index contributed by atoms with van der Waals surface area (Å²) in [5, 5.41) is 10.3. The Hall–Kier alpha value is -1.65. The van der Waals surface area contributed by atoms with E-state index in [0.717, 1.165) is 48.1 Å². The van der Waals surface area contributed by atoms with Crippen molar-refractivity contribution in [3.63, 3.8) is 0 Å². The predicted molar refractivity (Wildman–Crippen MR) is 82.4 cm³/mol. The standard InChI is InChI=1S/C17H21NO3/c1-11-3-4-15-14(7-16(20)21-17(15)12(11)2)9-18-6-5-13(8-18)10-19/h3-4,7,13,19H,5-6,8-10H2,1-2H3. The average molecular weight is 287 g/mol. The normalized spacial score (nSPS) is 19.5. The predicted octanol–water partition coefficient (Wildman–Crippen LogP) is 2.22. The molecule has 0 bridgehead atoms. The average Bonchev–Trinajstić information content (AvgIpc) is 2.91. The van der Waals surface area contributed by atoms with Gasteiger partial charge in [0.2, 0.25) is 0 Å². The molecule has 0 radical (unpaired) electrons. The third-order valence-corrected chi connectivity index (χ3v) is 4.54. The van der Waals surface area contributed by atoms with Gasteiger partial charge < -0.3 is 9.52 Å². The van der Waals surface area contributed by atoms with Crippen LogP contribution in [-0.2, 0) is 6.54 Å². The van der Waals surface area contributed by atoms with Crippen molar-refractivity contribution in [2.45, 2.75) is 26.8 Å². The zero-order chi connectivity index (χ0) is 15.0. The molecule has 0 aliphatic carbocycles. The lowest BCUT2D eigenvalue weighted by Gasteiger charge is -2.17. The number of likely N-dealkylation sites (tertiary alicyclic amines) is 1. The van der Waals surface area contributed by atoms with Crippen molar-refractivity contribution < 1.29 is 9.52 Å². The lowest BCUT2D eigenvalue weighted by atomic mass is 10.0. The quantitative estimate of drug-likeness (QED) is 0.880. The summed E-state index contributed by atoms with van der Waals surface area (Å²) >= 11 is 0. The van der Waals surface area contributed by atoms with E-state index in [4.69, 9.17) is 4.42 Å². The molecule has 1 N–H and O–H groups in total. The zero-order valence-corrected chi connectivity index (χ0v) is 12.6. The van der Waals surface area contributed by atoms with Gasteiger partial charge in [0.15, 0.2) is 0 Å². The second kappa shape index (κ2) is 5.62. The lowest BCUT2D eigenvalue weighted by Crippen LogP contribution is -2.22. The first-order valence-electron chi connectivity index (χ1n) is 7.44. The number of nitrogens with zero attached hydrogens (tertiary/aromatic N) is 1. The third-order valence-electron chi connectivity index (χ3n) is 4.54. The molecule has 1 aliphatic heterocycles. The first-order valence-corrected chi connectivity index (χ1v) is 7.44. The summed E-state index contributed by atoms with van der Waals surface area (Å²) in [6, 6.07) is 5.71. The number of hydrogen-bond donors (Lipinski definition) is 1. The van der Waals surface area contributed by atoms with Crippen LogP contribution in [0.4, 0.5) is 0 Å². The number of aryl methyl sites for hydroxylation is 2. The first kappa shape index (κ1) is 14.3. The van der Waals surface area contributed by atoms with Crippen LogP contribution in [0.2, 0.25) is 0 Å². The maximum absolute atomic E-state index is 11.8. The van der Waals surface area contributed by atoms with Crippen molar-refractivity contribution in [2.75, 3.05) is 19.7 Å². The number of fused-ring (bicyclic) bond motifs is 1. The van der Waals surface area contributed by atoms with Gasteiger partial charge in [-0.25, -0.2) is 4.79 Å². The molecular weight excluding hydrogens is 266 g/mol. The molecule has 1 aliphatic rings. The smallest absolute Gasteiger partial charge is 0.336 e. The van der Waals surface area contributed by atoms with Crippen LogP contribution in [0.1, 0.15) is 23.1 Å². The molecule has 112 valence electrons. The maximum Gasteiger partial charge on any atom is 0.336 e. The summed E-state index contributed by atoms with van der Waals surface area (Å²) in [6.07, 6.45) is 1.02. The largest absolute Gasteiger partial charge is 0.422 e. The van der Waals surface area contributed by atoms with Crippen LogP contribution in [0.3, 0.4) is 0 Å². The second-order valence-electron chi connectivity index (χ2n) is 6.05. The molecule has 1 fully saturated rings. The Morgan fingerprint density at radius 3 is 2.90 bits per heavy atom. The topological polar surface area (TPSA) is 53.7 Å². The Morgan fingerprint density at radius 2 is 2.19 bits per heavy atom. The van der Waals surface area contributed by atoms with Gasteiger partial charge in [0.1, 0.15) is 5.58 Å². The summed E-state index contributed by atoms with van der Waals surface area (Å²) in [5.74, 6) is 0.361. The minimum Gasteiger partial charge on any atom is -0.422 e. The van der Waals surface area contributed by atoms with Crippen LogP contribution in [0.25, 0.3) is 11.0 Å². The van der Waals surface area contributed by atoms with Gasteiger partial charge in [-0.2, -0.15) is 0 Å². The van der Waals surface area contributed by atoms with Crippen LogP contribution in [0.5, 0.6) is 0 Å². The van der Waals surface area contributed by atoms with E-state index in [2.05, 4.69) is 11.0 Å². The van der Waals surface area contributed by atoms with E-state index in [1.165, 1.54) is 0 Å². The van der Waals surface area contributed by atoms with Crippen LogP contribution in [-0.4, -0.2) is 29.7 Å². The molecule has 4 nitrogen and oxygen atoms in total. The molecule has 1 aromatic heterocycles. The first-order chi connectivity index (χ1) is 10.1. The fourth-order valence-electron chi connectivity index (χ4n) is 3.10. The van der Waals surface area contributed by atoms with Gasteiger partial charge >= 0.3 is 5.63 Å². The van der Waals surface area contributed by atoms with E-state index in [0.29, 0.717) is 11.5 Å². The Labute approximate surface area is 124 Å².